The molecule has 5 nitrogen and oxygen atoms in total. The molecule has 0 unspecified atom stereocenters. The Bertz CT molecular complexity index is 910. The standard InChI is InChI=1S/C22H28N4O/c1-17(2)26-19-10-4-3-9-18(19)23-22(26)20-11-7-16-25(20)21(27)12-8-15-24-13-5-6-14-24/h3-6,9-10,13-14,17,20H,7-8,11-12,15-16H2,1-2H3/t20-/m0/s1. The number of amides is 1. The molecular formula is C22H28N4O. The van der Waals surface area contributed by atoms with Crippen LogP contribution in [0.1, 0.15) is 57.4 Å². The van der Waals surface area contributed by atoms with Gasteiger partial charge in [0.25, 0.3) is 0 Å². The molecule has 4 rings (SSSR count). The molecule has 0 spiro atoms. The van der Waals surface area contributed by atoms with E-state index >= 15 is 0 Å². The number of hydrogen-bond donors (Lipinski definition) is 0. The molecular weight excluding hydrogens is 336 g/mol. The summed E-state index contributed by atoms with van der Waals surface area (Å²) in [6.07, 6.45) is 7.62. The second-order valence-electron chi connectivity index (χ2n) is 7.69. The Hall–Kier alpha value is -2.56. The van der Waals surface area contributed by atoms with E-state index in [1.165, 1.54) is 0 Å². The number of carbonyl (C=O) groups excluding carboxylic acids is 1. The van der Waals surface area contributed by atoms with Gasteiger partial charge in [-0.15, -0.1) is 0 Å². The van der Waals surface area contributed by atoms with Crippen molar-refractivity contribution < 1.29 is 4.79 Å². The van der Waals surface area contributed by atoms with Gasteiger partial charge in [0, 0.05) is 37.9 Å². The monoisotopic (exact) mass is 364 g/mol. The molecule has 1 saturated heterocycles. The van der Waals surface area contributed by atoms with Crippen molar-refractivity contribution in [2.24, 2.45) is 0 Å². The number of nitrogens with zero attached hydrogens (tertiary/aromatic N) is 4. The summed E-state index contributed by atoms with van der Waals surface area (Å²) >= 11 is 0. The van der Waals surface area contributed by atoms with E-state index in [-0.39, 0.29) is 11.9 Å². The zero-order valence-corrected chi connectivity index (χ0v) is 16.2. The molecule has 2 aromatic heterocycles. The fraction of sp³-hybridized carbons (Fsp3) is 0.455. The van der Waals surface area contributed by atoms with Crippen molar-refractivity contribution >= 4 is 16.9 Å². The number of rotatable bonds is 6. The zero-order valence-electron chi connectivity index (χ0n) is 16.2. The molecule has 5 heteroatoms. The summed E-state index contributed by atoms with van der Waals surface area (Å²) in [5.74, 6) is 1.30. The highest BCUT2D eigenvalue weighted by molar-refractivity contribution is 5.78. The van der Waals surface area contributed by atoms with E-state index in [2.05, 4.69) is 46.1 Å². The number of fused-ring (bicyclic) bond motifs is 1. The predicted molar refractivity (Wildman–Crippen MR) is 107 cm³/mol. The van der Waals surface area contributed by atoms with Crippen molar-refractivity contribution in [3.05, 3.63) is 54.6 Å². The predicted octanol–water partition coefficient (Wildman–Crippen LogP) is 4.56. The van der Waals surface area contributed by atoms with Crippen molar-refractivity contribution in [3.8, 4) is 0 Å². The van der Waals surface area contributed by atoms with E-state index in [0.717, 1.165) is 49.2 Å². The van der Waals surface area contributed by atoms with Gasteiger partial charge in [-0.1, -0.05) is 12.1 Å². The molecule has 0 bridgehead atoms. The molecule has 1 fully saturated rings. The first-order valence-corrected chi connectivity index (χ1v) is 10.0. The van der Waals surface area contributed by atoms with Crippen LogP contribution in [0.25, 0.3) is 11.0 Å². The molecule has 1 aromatic carbocycles. The highest BCUT2D eigenvalue weighted by Gasteiger charge is 2.33. The van der Waals surface area contributed by atoms with Gasteiger partial charge in [0.05, 0.1) is 17.1 Å². The lowest BCUT2D eigenvalue weighted by Crippen LogP contribution is -2.32. The van der Waals surface area contributed by atoms with Crippen LogP contribution in [0.2, 0.25) is 0 Å². The third-order valence-corrected chi connectivity index (χ3v) is 5.48. The first-order chi connectivity index (χ1) is 13.1. The maximum atomic E-state index is 12.9. The lowest BCUT2D eigenvalue weighted by molar-refractivity contribution is -0.132. The third-order valence-electron chi connectivity index (χ3n) is 5.48. The molecule has 3 heterocycles. The van der Waals surface area contributed by atoms with Crippen LogP contribution in [0.15, 0.2) is 48.8 Å². The minimum absolute atomic E-state index is 0.0962. The second-order valence-corrected chi connectivity index (χ2v) is 7.69. The normalized spacial score (nSPS) is 17.3. The SMILES string of the molecule is CC(C)n1c([C@@H]2CCCN2C(=O)CCCn2cccc2)nc2ccccc21. The third kappa shape index (κ3) is 3.51. The number of likely N-dealkylation sites (tertiary alicyclic amines) is 1. The molecule has 142 valence electrons. The summed E-state index contributed by atoms with van der Waals surface area (Å²) in [7, 11) is 0. The van der Waals surface area contributed by atoms with Crippen LogP contribution in [-0.4, -0.2) is 31.5 Å². The highest BCUT2D eigenvalue weighted by atomic mass is 16.2. The smallest absolute Gasteiger partial charge is 0.223 e. The van der Waals surface area contributed by atoms with E-state index in [0.29, 0.717) is 12.5 Å². The fourth-order valence-corrected chi connectivity index (χ4v) is 4.25. The van der Waals surface area contributed by atoms with E-state index in [4.69, 9.17) is 4.98 Å². The molecule has 1 amide bonds. The Morgan fingerprint density at radius 1 is 1.19 bits per heavy atom. The number of hydrogen-bond acceptors (Lipinski definition) is 2. The first kappa shape index (κ1) is 17.8. The molecule has 1 atom stereocenters. The zero-order chi connectivity index (χ0) is 18.8. The fourth-order valence-electron chi connectivity index (χ4n) is 4.25. The average molecular weight is 364 g/mol. The minimum atomic E-state index is 0.0962. The molecule has 0 N–H and O–H groups in total. The van der Waals surface area contributed by atoms with E-state index in [9.17, 15) is 4.79 Å². The molecule has 1 aliphatic rings. The van der Waals surface area contributed by atoms with Crippen molar-refractivity contribution in [1.29, 1.82) is 0 Å². The largest absolute Gasteiger partial charge is 0.354 e. The second kappa shape index (κ2) is 7.59. The minimum Gasteiger partial charge on any atom is -0.354 e. The number of imidazole rings is 1. The van der Waals surface area contributed by atoms with Crippen molar-refractivity contribution in [2.45, 2.75) is 58.2 Å². The van der Waals surface area contributed by atoms with E-state index < -0.39 is 0 Å². The Labute approximate surface area is 160 Å². The number of aromatic nitrogens is 3. The van der Waals surface area contributed by atoms with Crippen LogP contribution in [-0.2, 0) is 11.3 Å². The van der Waals surface area contributed by atoms with Crippen LogP contribution >= 0.6 is 0 Å². The Kier molecular flexibility index (Phi) is 5.01. The van der Waals surface area contributed by atoms with E-state index in [1.54, 1.807) is 0 Å². The number of carbonyl (C=O) groups is 1. The van der Waals surface area contributed by atoms with Crippen molar-refractivity contribution in [3.63, 3.8) is 0 Å². The van der Waals surface area contributed by atoms with Gasteiger partial charge in [0.1, 0.15) is 5.82 Å². The van der Waals surface area contributed by atoms with Crippen molar-refractivity contribution in [2.75, 3.05) is 6.54 Å². The maximum absolute atomic E-state index is 12.9. The van der Waals surface area contributed by atoms with Crippen LogP contribution in [0, 0.1) is 0 Å². The number of benzene rings is 1. The van der Waals surface area contributed by atoms with E-state index in [1.807, 2.05) is 30.6 Å². The summed E-state index contributed by atoms with van der Waals surface area (Å²) in [6, 6.07) is 12.7. The highest BCUT2D eigenvalue weighted by Crippen LogP contribution is 2.35. The Morgan fingerprint density at radius 2 is 1.96 bits per heavy atom. The summed E-state index contributed by atoms with van der Waals surface area (Å²) in [6.45, 7) is 6.11. The van der Waals surface area contributed by atoms with Crippen LogP contribution < -0.4 is 0 Å². The van der Waals surface area contributed by atoms with Gasteiger partial charge < -0.3 is 14.0 Å². The van der Waals surface area contributed by atoms with Crippen LogP contribution in [0.3, 0.4) is 0 Å². The number of aryl methyl sites for hydroxylation is 1. The quantitative estimate of drug-likeness (QED) is 0.643. The Balaban J connectivity index is 1.53. The topological polar surface area (TPSA) is 43.1 Å². The summed E-state index contributed by atoms with van der Waals surface area (Å²) < 4.78 is 4.44. The Morgan fingerprint density at radius 3 is 2.74 bits per heavy atom. The van der Waals surface area contributed by atoms with Gasteiger partial charge in [-0.2, -0.15) is 0 Å². The molecule has 1 aliphatic heterocycles. The maximum Gasteiger partial charge on any atom is 0.223 e. The molecule has 0 radical (unpaired) electrons. The molecule has 0 aliphatic carbocycles. The molecule has 27 heavy (non-hydrogen) atoms. The van der Waals surface area contributed by atoms with Gasteiger partial charge in [-0.25, -0.2) is 4.98 Å². The molecule has 3 aromatic rings. The lowest BCUT2D eigenvalue weighted by atomic mass is 10.1. The van der Waals surface area contributed by atoms with Gasteiger partial charge >= 0.3 is 0 Å². The van der Waals surface area contributed by atoms with Gasteiger partial charge in [-0.3, -0.25) is 4.79 Å². The van der Waals surface area contributed by atoms with Crippen LogP contribution in [0.4, 0.5) is 0 Å². The number of para-hydroxylation sites is 2. The average Bonchev–Trinajstić information content (AvgIpc) is 3.39. The van der Waals surface area contributed by atoms with Crippen LogP contribution in [0.5, 0.6) is 0 Å². The lowest BCUT2D eigenvalue weighted by Gasteiger charge is -2.26. The van der Waals surface area contributed by atoms with Crippen molar-refractivity contribution in [1.82, 2.24) is 19.0 Å². The van der Waals surface area contributed by atoms with Gasteiger partial charge in [-0.05, 0) is 57.4 Å². The van der Waals surface area contributed by atoms with Gasteiger partial charge in [0.15, 0.2) is 0 Å². The first-order valence-electron chi connectivity index (χ1n) is 10.0. The summed E-state index contributed by atoms with van der Waals surface area (Å²) in [5.41, 5.74) is 2.18. The molecule has 0 saturated carbocycles. The summed E-state index contributed by atoms with van der Waals surface area (Å²) in [4.78, 5) is 19.9. The van der Waals surface area contributed by atoms with Gasteiger partial charge in [0.2, 0.25) is 5.91 Å². The summed E-state index contributed by atoms with van der Waals surface area (Å²) in [5, 5.41) is 0.